The van der Waals surface area contributed by atoms with E-state index in [4.69, 9.17) is 0 Å². The normalized spacial score (nSPS) is 14.0. The lowest BCUT2D eigenvalue weighted by Crippen LogP contribution is -2.42. The molecule has 6 nitrogen and oxygen atoms in total. The number of nitrogens with one attached hydrogen (secondary N) is 2. The Bertz CT molecular complexity index is 1070. The molecule has 0 unspecified atom stereocenters. The molecule has 0 radical (unpaired) electrons. The average molecular weight is 390 g/mol. The van der Waals surface area contributed by atoms with Crippen molar-refractivity contribution in [3.8, 4) is 0 Å². The van der Waals surface area contributed by atoms with Gasteiger partial charge in [0, 0.05) is 11.6 Å². The van der Waals surface area contributed by atoms with Gasteiger partial charge in [-0.3, -0.25) is 25.1 Å². The van der Waals surface area contributed by atoms with E-state index in [0.29, 0.717) is 11.6 Å². The maximum atomic E-state index is 12.5. The second kappa shape index (κ2) is 7.35. The van der Waals surface area contributed by atoms with Gasteiger partial charge in [0.2, 0.25) is 5.91 Å². The molecular formula is C23H26N4O2. The van der Waals surface area contributed by atoms with Crippen molar-refractivity contribution in [3.05, 3.63) is 65.5 Å². The fourth-order valence-corrected chi connectivity index (χ4v) is 3.57. The van der Waals surface area contributed by atoms with Crippen molar-refractivity contribution >= 4 is 22.6 Å². The molecule has 1 aromatic heterocycles. The van der Waals surface area contributed by atoms with Gasteiger partial charge in [0.1, 0.15) is 0 Å². The highest BCUT2D eigenvalue weighted by Gasteiger charge is 2.32. The van der Waals surface area contributed by atoms with Crippen LogP contribution < -0.4 is 10.9 Å². The van der Waals surface area contributed by atoms with Crippen LogP contribution in [-0.2, 0) is 16.8 Å². The summed E-state index contributed by atoms with van der Waals surface area (Å²) in [6.45, 7) is 6.21. The monoisotopic (exact) mass is 390 g/mol. The first-order chi connectivity index (χ1) is 13.8. The molecule has 2 N–H and O–H groups in total. The van der Waals surface area contributed by atoms with Crippen LogP contribution in [0.25, 0.3) is 10.8 Å². The number of carbonyl (C=O) groups excluding carboxylic acids is 2. The quantitative estimate of drug-likeness (QED) is 0.668. The predicted molar refractivity (Wildman–Crippen MR) is 112 cm³/mol. The van der Waals surface area contributed by atoms with Gasteiger partial charge in [0.05, 0.1) is 12.0 Å². The van der Waals surface area contributed by atoms with Crippen molar-refractivity contribution in [2.75, 3.05) is 0 Å². The Kier molecular flexibility index (Phi) is 4.86. The summed E-state index contributed by atoms with van der Waals surface area (Å²) in [6, 6.07) is 15.7. The van der Waals surface area contributed by atoms with E-state index in [-0.39, 0.29) is 17.9 Å². The number of fused-ring (bicyclic) bond motifs is 1. The minimum absolute atomic E-state index is 0.186. The second-order valence-corrected chi connectivity index (χ2v) is 8.63. The van der Waals surface area contributed by atoms with Crippen molar-refractivity contribution < 1.29 is 9.59 Å². The lowest BCUT2D eigenvalue weighted by atomic mass is 10.0. The molecular weight excluding hydrogens is 364 g/mol. The van der Waals surface area contributed by atoms with Gasteiger partial charge in [0.25, 0.3) is 5.91 Å². The van der Waals surface area contributed by atoms with Gasteiger partial charge in [-0.15, -0.1) is 0 Å². The molecule has 0 aliphatic heterocycles. The van der Waals surface area contributed by atoms with Crippen molar-refractivity contribution in [2.24, 2.45) is 0 Å². The smallest absolute Gasteiger partial charge is 0.273 e. The third kappa shape index (κ3) is 4.16. The molecule has 1 fully saturated rings. The zero-order valence-electron chi connectivity index (χ0n) is 17.0. The van der Waals surface area contributed by atoms with E-state index in [1.54, 1.807) is 0 Å². The molecule has 0 bridgehead atoms. The van der Waals surface area contributed by atoms with Crippen molar-refractivity contribution in [2.45, 2.75) is 51.5 Å². The van der Waals surface area contributed by atoms with Crippen LogP contribution in [0.1, 0.15) is 61.3 Å². The molecule has 0 atom stereocenters. The third-order valence-electron chi connectivity index (χ3n) is 5.15. The fourth-order valence-electron chi connectivity index (χ4n) is 3.57. The maximum absolute atomic E-state index is 12.5. The number of hydrogen-bond donors (Lipinski definition) is 2. The Morgan fingerprint density at radius 1 is 1.07 bits per heavy atom. The van der Waals surface area contributed by atoms with E-state index >= 15 is 0 Å². The topological polar surface area (TPSA) is 76.0 Å². The van der Waals surface area contributed by atoms with E-state index < -0.39 is 5.91 Å². The Morgan fingerprint density at radius 3 is 2.52 bits per heavy atom. The maximum Gasteiger partial charge on any atom is 0.290 e. The van der Waals surface area contributed by atoms with E-state index in [1.165, 1.54) is 0 Å². The Labute approximate surface area is 170 Å². The van der Waals surface area contributed by atoms with E-state index in [2.05, 4.69) is 36.7 Å². The van der Waals surface area contributed by atoms with Crippen LogP contribution in [0.3, 0.4) is 0 Å². The lowest BCUT2D eigenvalue weighted by Gasteiger charge is -2.22. The van der Waals surface area contributed by atoms with Crippen LogP contribution in [0.5, 0.6) is 0 Å². The van der Waals surface area contributed by atoms with Crippen LogP contribution >= 0.6 is 0 Å². The first-order valence-corrected chi connectivity index (χ1v) is 9.99. The number of hydrogen-bond acceptors (Lipinski definition) is 3. The molecule has 2 amide bonds. The van der Waals surface area contributed by atoms with E-state index in [1.807, 2.05) is 53.2 Å². The molecule has 150 valence electrons. The van der Waals surface area contributed by atoms with Gasteiger partial charge in [-0.25, -0.2) is 0 Å². The summed E-state index contributed by atoms with van der Waals surface area (Å²) in [6.07, 6.45) is 2.45. The summed E-state index contributed by atoms with van der Waals surface area (Å²) in [5.41, 5.74) is 7.16. The predicted octanol–water partition coefficient (Wildman–Crippen LogP) is 3.67. The molecule has 29 heavy (non-hydrogen) atoms. The van der Waals surface area contributed by atoms with Gasteiger partial charge in [-0.1, -0.05) is 42.5 Å². The lowest BCUT2D eigenvalue weighted by molar-refractivity contribution is -0.121. The highest BCUT2D eigenvalue weighted by molar-refractivity contribution is 5.95. The van der Waals surface area contributed by atoms with Gasteiger partial charge >= 0.3 is 0 Å². The number of aromatic nitrogens is 2. The zero-order chi connectivity index (χ0) is 20.6. The molecule has 1 aliphatic carbocycles. The van der Waals surface area contributed by atoms with Crippen molar-refractivity contribution in [3.63, 3.8) is 0 Å². The summed E-state index contributed by atoms with van der Waals surface area (Å²) in [4.78, 5) is 24.9. The number of rotatable bonds is 4. The minimum Gasteiger partial charge on any atom is -0.273 e. The molecule has 1 aliphatic rings. The second-order valence-electron chi connectivity index (χ2n) is 8.63. The molecule has 1 heterocycles. The highest BCUT2D eigenvalue weighted by atomic mass is 16.2. The number of nitrogens with zero attached hydrogens (tertiary/aromatic N) is 2. The van der Waals surface area contributed by atoms with Crippen LogP contribution in [0, 0.1) is 0 Å². The summed E-state index contributed by atoms with van der Waals surface area (Å²) in [5.74, 6) is -0.197. The number of hydrazine groups is 1. The standard InChI is InChI=1S/C23H26N4O2/c1-23(2,3)27-20(16-11-12-16)14-19(26-27)22(29)25-24-21(28)13-17-9-6-8-15-7-4-5-10-18(15)17/h4-10,14,16H,11-13H2,1-3H3,(H,24,28)(H,25,29). The first-order valence-electron chi connectivity index (χ1n) is 9.99. The van der Waals surface area contributed by atoms with Crippen molar-refractivity contribution in [1.82, 2.24) is 20.6 Å². The molecule has 4 rings (SSSR count). The number of carbonyl (C=O) groups is 2. The molecule has 0 spiro atoms. The molecule has 3 aromatic rings. The Hall–Kier alpha value is -3.15. The van der Waals surface area contributed by atoms with Crippen LogP contribution in [-0.4, -0.2) is 21.6 Å². The van der Waals surface area contributed by atoms with Gasteiger partial charge in [-0.05, 0) is 56.0 Å². The third-order valence-corrected chi connectivity index (χ3v) is 5.15. The van der Waals surface area contributed by atoms with E-state index in [9.17, 15) is 9.59 Å². The molecule has 1 saturated carbocycles. The number of amides is 2. The average Bonchev–Trinajstić information content (AvgIpc) is 3.43. The Balaban J connectivity index is 1.42. The van der Waals surface area contributed by atoms with Gasteiger partial charge < -0.3 is 0 Å². The minimum atomic E-state index is -0.402. The molecule has 2 aromatic carbocycles. The molecule has 6 heteroatoms. The van der Waals surface area contributed by atoms with E-state index in [0.717, 1.165) is 34.9 Å². The summed E-state index contributed by atoms with van der Waals surface area (Å²) >= 11 is 0. The fraction of sp³-hybridized carbons (Fsp3) is 0.348. The van der Waals surface area contributed by atoms with Gasteiger partial charge in [-0.2, -0.15) is 5.10 Å². The zero-order valence-corrected chi connectivity index (χ0v) is 17.0. The molecule has 0 saturated heterocycles. The van der Waals surface area contributed by atoms with Crippen molar-refractivity contribution in [1.29, 1.82) is 0 Å². The van der Waals surface area contributed by atoms with Crippen LogP contribution in [0.4, 0.5) is 0 Å². The SMILES string of the molecule is CC(C)(C)n1nc(C(=O)NNC(=O)Cc2cccc3ccccc23)cc1C1CC1. The highest BCUT2D eigenvalue weighted by Crippen LogP contribution is 2.41. The number of benzene rings is 2. The van der Waals surface area contributed by atoms with Crippen LogP contribution in [0.2, 0.25) is 0 Å². The Morgan fingerprint density at radius 2 is 1.79 bits per heavy atom. The summed E-state index contributed by atoms with van der Waals surface area (Å²) < 4.78 is 1.93. The first kappa shape index (κ1) is 19.2. The van der Waals surface area contributed by atoms with Crippen LogP contribution in [0.15, 0.2) is 48.5 Å². The summed E-state index contributed by atoms with van der Waals surface area (Å²) in [5, 5.41) is 6.62. The summed E-state index contributed by atoms with van der Waals surface area (Å²) in [7, 11) is 0. The van der Waals surface area contributed by atoms with Gasteiger partial charge in [0.15, 0.2) is 5.69 Å². The largest absolute Gasteiger partial charge is 0.290 e.